The van der Waals surface area contributed by atoms with Crippen molar-refractivity contribution in [2.24, 2.45) is 20.5 Å². The number of phenolic OH excluding ortho intramolecular Hbond substituents is 1. The van der Waals surface area contributed by atoms with Crippen molar-refractivity contribution in [1.82, 2.24) is 0 Å². The number of nitrogens with zero attached hydrogens (tertiary/aromatic N) is 4. The van der Waals surface area contributed by atoms with Crippen LogP contribution in [0, 0.1) is 0 Å². The van der Waals surface area contributed by atoms with Gasteiger partial charge in [-0.3, -0.25) is 9.11 Å². The van der Waals surface area contributed by atoms with Gasteiger partial charge >= 0.3 is 0 Å². The first-order chi connectivity index (χ1) is 26.1. The SMILES string of the molecule is Nc1c(N=Nc2ccc(S(=O)(=O)CCS(=O)OOO)cc2)c(S(=O)(=O)O)cc2cc(S(=O)(=O)O)c(N=Nc3ccc(S(=O)(=O)CCS(=O)OOO)cc3)c(O)c12. The summed E-state index contributed by atoms with van der Waals surface area (Å²) in [6.45, 7) is 0. The molecule has 24 nitrogen and oxygen atoms in total. The fraction of sp³-hybridized carbons (Fsp3) is 0.154. The lowest BCUT2D eigenvalue weighted by molar-refractivity contribution is -0.435. The summed E-state index contributed by atoms with van der Waals surface area (Å²) in [5.74, 6) is -3.63. The number of benzene rings is 4. The Labute approximate surface area is 320 Å². The van der Waals surface area contributed by atoms with Crippen LogP contribution in [-0.2, 0) is 80.8 Å². The Bertz CT molecular complexity index is 2510. The molecule has 2 unspecified atom stereocenters. The number of hydrogen-bond acceptors (Lipinski definition) is 22. The van der Waals surface area contributed by atoms with Crippen LogP contribution in [0.1, 0.15) is 0 Å². The Morgan fingerprint density at radius 1 is 0.607 bits per heavy atom. The fourth-order valence-electron chi connectivity index (χ4n) is 4.49. The lowest BCUT2D eigenvalue weighted by Gasteiger charge is -2.14. The lowest BCUT2D eigenvalue weighted by atomic mass is 10.1. The molecule has 0 fully saturated rings. The molecule has 4 aromatic carbocycles. The van der Waals surface area contributed by atoms with E-state index in [4.69, 9.17) is 16.2 Å². The number of hydrogen-bond donors (Lipinski definition) is 6. The van der Waals surface area contributed by atoms with Gasteiger partial charge in [0.05, 0.1) is 55.3 Å². The average molecular weight is 904 g/mol. The number of fused-ring (bicyclic) bond motifs is 1. The van der Waals surface area contributed by atoms with Crippen LogP contribution in [0.3, 0.4) is 0 Å². The van der Waals surface area contributed by atoms with Crippen LogP contribution in [0.4, 0.5) is 28.4 Å². The smallest absolute Gasteiger partial charge is 0.296 e. The molecule has 0 saturated carbocycles. The van der Waals surface area contributed by atoms with Crippen LogP contribution < -0.4 is 5.73 Å². The maximum atomic E-state index is 12.5. The molecule has 304 valence electrons. The molecular weight excluding hydrogens is 879 g/mol. The highest BCUT2D eigenvalue weighted by molar-refractivity contribution is 7.93. The molecule has 7 N–H and O–H groups in total. The molecule has 4 aromatic rings. The van der Waals surface area contributed by atoms with E-state index < -0.39 is 128 Å². The zero-order chi connectivity index (χ0) is 41.6. The molecule has 0 radical (unpaired) electrons. The zero-order valence-corrected chi connectivity index (χ0v) is 32.3. The van der Waals surface area contributed by atoms with Crippen molar-refractivity contribution in [1.29, 1.82) is 0 Å². The van der Waals surface area contributed by atoms with Crippen molar-refractivity contribution >= 4 is 101 Å². The van der Waals surface area contributed by atoms with Gasteiger partial charge in [-0.2, -0.15) is 27.1 Å². The van der Waals surface area contributed by atoms with Crippen molar-refractivity contribution in [3.8, 4) is 5.75 Å². The minimum Gasteiger partial charge on any atom is -0.505 e. The number of nitrogen functional groups attached to an aromatic ring is 1. The maximum absolute atomic E-state index is 12.5. The van der Waals surface area contributed by atoms with E-state index in [1.54, 1.807) is 0 Å². The third-order valence-electron chi connectivity index (χ3n) is 7.04. The van der Waals surface area contributed by atoms with Gasteiger partial charge in [-0.15, -0.1) is 18.9 Å². The van der Waals surface area contributed by atoms with Crippen molar-refractivity contribution in [2.45, 2.75) is 19.6 Å². The summed E-state index contributed by atoms with van der Waals surface area (Å²) < 4.78 is 150. The Hall–Kier alpha value is -4.28. The van der Waals surface area contributed by atoms with E-state index in [0.717, 1.165) is 48.5 Å². The number of azo groups is 2. The molecule has 0 aliphatic carbocycles. The predicted molar refractivity (Wildman–Crippen MR) is 191 cm³/mol. The van der Waals surface area contributed by atoms with Gasteiger partial charge in [-0.25, -0.2) is 35.8 Å². The number of phenols is 1. The van der Waals surface area contributed by atoms with Crippen molar-refractivity contribution in [2.75, 3.05) is 28.7 Å². The van der Waals surface area contributed by atoms with Crippen LogP contribution in [0.2, 0.25) is 0 Å². The fourth-order valence-corrected chi connectivity index (χ4v) is 10.5. The highest BCUT2D eigenvalue weighted by atomic mass is 32.2. The summed E-state index contributed by atoms with van der Waals surface area (Å²) in [6.07, 6.45) is 0. The molecule has 0 saturated heterocycles. The van der Waals surface area contributed by atoms with E-state index >= 15 is 0 Å². The van der Waals surface area contributed by atoms with Crippen LogP contribution >= 0.6 is 0 Å². The summed E-state index contributed by atoms with van der Waals surface area (Å²) >= 11 is -4.58. The number of anilines is 1. The summed E-state index contributed by atoms with van der Waals surface area (Å²) in [5.41, 5.74) is 3.49. The number of nitrogens with two attached hydrogens (primary N) is 1. The van der Waals surface area contributed by atoms with Gasteiger partial charge < -0.3 is 10.8 Å². The van der Waals surface area contributed by atoms with Gasteiger partial charge in [0.15, 0.2) is 47.6 Å². The molecule has 56 heavy (non-hydrogen) atoms. The predicted octanol–water partition coefficient (Wildman–Crippen LogP) is 3.17. The Balaban J connectivity index is 1.75. The maximum Gasteiger partial charge on any atom is 0.296 e. The normalized spacial score (nSPS) is 14.1. The van der Waals surface area contributed by atoms with Crippen LogP contribution in [-0.4, -0.2) is 89.8 Å². The van der Waals surface area contributed by atoms with E-state index in [0.29, 0.717) is 12.1 Å². The quantitative estimate of drug-likeness (QED) is 0.0274. The van der Waals surface area contributed by atoms with Gasteiger partial charge in [0.2, 0.25) is 0 Å². The molecule has 2 atom stereocenters. The second-order valence-electron chi connectivity index (χ2n) is 10.6. The molecule has 0 heterocycles. The second kappa shape index (κ2) is 17.9. The molecule has 0 aliphatic heterocycles. The minimum atomic E-state index is -5.27. The third kappa shape index (κ3) is 11.0. The largest absolute Gasteiger partial charge is 0.505 e. The topological polar surface area (TPSA) is 384 Å². The number of sulfone groups is 2. The van der Waals surface area contributed by atoms with Crippen LogP contribution in [0.25, 0.3) is 10.8 Å². The zero-order valence-electron chi connectivity index (χ0n) is 27.4. The summed E-state index contributed by atoms with van der Waals surface area (Å²) in [6, 6.07) is 9.95. The Kier molecular flexibility index (Phi) is 14.2. The molecular formula is C26H25N5O19S6. The van der Waals surface area contributed by atoms with E-state index in [9.17, 15) is 56.3 Å². The van der Waals surface area contributed by atoms with E-state index in [-0.39, 0.29) is 21.2 Å². The molecule has 0 aliphatic rings. The highest BCUT2D eigenvalue weighted by Crippen LogP contribution is 2.48. The minimum absolute atomic E-state index is 0.107. The van der Waals surface area contributed by atoms with Crippen LogP contribution in [0.15, 0.2) is 101 Å². The molecule has 4 rings (SSSR count). The molecule has 0 aromatic heterocycles. The standard InChI is InChI=1S/C26H25N5O19S6/c27-23-22-15(13-20(55(41,42)43)24(23)30-28-16-1-5-18(6-2-16)53(37,38)11-9-51(35)49-47-33)14-21(56(44,45)46)25(26(22)32)31-29-17-3-7-19(8-4-17)54(39,40)12-10-52(36)50-48-34/h1-8,13-14,32-34H,9-12,27H2,(H,41,42,43)(H,44,45,46). The molecule has 0 spiro atoms. The second-order valence-corrected chi connectivity index (χ2v) is 19.9. The van der Waals surface area contributed by atoms with Crippen molar-refractivity contribution in [3.05, 3.63) is 60.7 Å². The first-order valence-electron chi connectivity index (χ1n) is 14.4. The van der Waals surface area contributed by atoms with Crippen molar-refractivity contribution < 1.29 is 85.6 Å². The summed E-state index contributed by atoms with van der Waals surface area (Å²) in [7, 11) is -18.6. The van der Waals surface area contributed by atoms with Gasteiger partial charge in [0.1, 0.15) is 21.2 Å². The molecule has 30 heteroatoms. The van der Waals surface area contributed by atoms with Gasteiger partial charge in [0, 0.05) is 0 Å². The molecule has 0 bridgehead atoms. The number of rotatable bonds is 18. The van der Waals surface area contributed by atoms with Gasteiger partial charge in [0.25, 0.3) is 20.2 Å². The monoisotopic (exact) mass is 903 g/mol. The third-order valence-corrected chi connectivity index (χ3v) is 14.3. The highest BCUT2D eigenvalue weighted by Gasteiger charge is 2.28. The summed E-state index contributed by atoms with van der Waals surface area (Å²) in [4.78, 5) is -2.72. The first-order valence-corrected chi connectivity index (χ1v) is 23.1. The van der Waals surface area contributed by atoms with E-state index in [1.807, 2.05) is 0 Å². The van der Waals surface area contributed by atoms with Gasteiger partial charge in [-0.1, -0.05) is 10.1 Å². The van der Waals surface area contributed by atoms with Crippen LogP contribution in [0.5, 0.6) is 5.75 Å². The summed E-state index contributed by atoms with van der Waals surface area (Å²) in [5, 5.41) is 48.0. The molecule has 0 amide bonds. The average Bonchev–Trinajstić information content (AvgIpc) is 3.12. The Morgan fingerprint density at radius 3 is 1.36 bits per heavy atom. The van der Waals surface area contributed by atoms with E-state index in [1.165, 1.54) is 0 Å². The van der Waals surface area contributed by atoms with Gasteiger partial charge in [-0.05, 0) is 66.0 Å². The Morgan fingerprint density at radius 2 is 0.982 bits per heavy atom. The number of aromatic hydroxyl groups is 1. The van der Waals surface area contributed by atoms with Crippen molar-refractivity contribution in [3.63, 3.8) is 0 Å². The first kappa shape index (κ1) is 44.4. The lowest BCUT2D eigenvalue weighted by Crippen LogP contribution is -2.14. The van der Waals surface area contributed by atoms with E-state index in [2.05, 4.69) is 39.2 Å².